The molecule has 2 aromatic heterocycles. The minimum atomic E-state index is -0.574. The molecule has 40 heavy (non-hydrogen) atoms. The van der Waals surface area contributed by atoms with Crippen LogP contribution in [0.3, 0.4) is 0 Å². The van der Waals surface area contributed by atoms with E-state index in [0.29, 0.717) is 41.3 Å². The zero-order valence-electron chi connectivity index (χ0n) is 22.4. The maximum atomic E-state index is 16.5. The Morgan fingerprint density at radius 1 is 1.05 bits per heavy atom. The maximum absolute atomic E-state index is 16.5. The van der Waals surface area contributed by atoms with Gasteiger partial charge in [0.05, 0.1) is 22.3 Å². The number of pyridine rings is 1. The van der Waals surface area contributed by atoms with E-state index in [9.17, 15) is 4.79 Å². The third-order valence-corrected chi connectivity index (χ3v) is 9.45. The smallest absolute Gasteiger partial charge is 0.319 e. The lowest BCUT2D eigenvalue weighted by Crippen LogP contribution is -2.51. The molecule has 3 aromatic rings. The van der Waals surface area contributed by atoms with Gasteiger partial charge in [-0.25, -0.2) is 9.37 Å². The number of anilines is 4. The highest BCUT2D eigenvalue weighted by atomic mass is 19.1. The van der Waals surface area contributed by atoms with E-state index in [2.05, 4.69) is 30.4 Å². The molecule has 4 fully saturated rings. The fourth-order valence-corrected chi connectivity index (χ4v) is 7.56. The summed E-state index contributed by atoms with van der Waals surface area (Å²) in [5, 5.41) is 7.08. The Bertz CT molecular complexity index is 1480. The van der Waals surface area contributed by atoms with E-state index in [1.54, 1.807) is 17.2 Å². The number of para-hydroxylation sites is 2. The summed E-state index contributed by atoms with van der Waals surface area (Å²) in [6.07, 6.45) is 8.45. The van der Waals surface area contributed by atoms with Gasteiger partial charge in [0, 0.05) is 31.4 Å². The lowest BCUT2D eigenvalue weighted by atomic mass is 9.95. The number of hydrogen-bond donors (Lipinski definition) is 2. The van der Waals surface area contributed by atoms with Crippen molar-refractivity contribution in [2.24, 2.45) is 0 Å². The van der Waals surface area contributed by atoms with E-state index >= 15 is 4.39 Å². The molecule has 10 nitrogen and oxygen atoms in total. The van der Waals surface area contributed by atoms with Crippen LogP contribution in [0.15, 0.2) is 30.5 Å². The summed E-state index contributed by atoms with van der Waals surface area (Å²) in [7, 11) is 0. The molecule has 1 aromatic carbocycles. The van der Waals surface area contributed by atoms with Crippen molar-refractivity contribution < 1.29 is 13.9 Å². The second-order valence-electron chi connectivity index (χ2n) is 11.9. The van der Waals surface area contributed by atoms with Crippen molar-refractivity contribution in [3.63, 3.8) is 0 Å². The fourth-order valence-electron chi connectivity index (χ4n) is 7.56. The molecule has 2 N–H and O–H groups in total. The normalized spacial score (nSPS) is 25.3. The van der Waals surface area contributed by atoms with Crippen molar-refractivity contribution in [1.82, 2.24) is 25.2 Å². The number of fused-ring (bicyclic) bond motifs is 5. The Labute approximate surface area is 231 Å². The van der Waals surface area contributed by atoms with E-state index in [-0.39, 0.29) is 35.3 Å². The second kappa shape index (κ2) is 9.24. The molecule has 0 aliphatic carbocycles. The molecule has 11 heteroatoms. The standard InChI is InChI=1S/C29H33FN8O2/c30-24-25-20(13-31-27(24)38-16-23(39)33-21-5-1-2-6-22(21)38)26(36-14-18-7-8-19(15-36)32-18)35-28(34-25)40-17-29-9-3-11-37(29)12-4-10-29/h1-2,5-6,13,18-19,32H,3-4,7-12,14-17H2,(H,33,39). The molecule has 5 aliphatic rings. The van der Waals surface area contributed by atoms with Gasteiger partial charge in [-0.2, -0.15) is 9.97 Å². The van der Waals surface area contributed by atoms with Crippen molar-refractivity contribution >= 4 is 39.8 Å². The van der Waals surface area contributed by atoms with Gasteiger partial charge < -0.3 is 25.2 Å². The van der Waals surface area contributed by atoms with Crippen molar-refractivity contribution in [2.75, 3.05) is 54.4 Å². The number of hydrogen-bond acceptors (Lipinski definition) is 9. The average Bonchev–Trinajstić information content (AvgIpc) is 3.65. The molecule has 0 saturated carbocycles. The highest BCUT2D eigenvalue weighted by molar-refractivity contribution is 6.03. The van der Waals surface area contributed by atoms with Gasteiger partial charge in [-0.05, 0) is 63.7 Å². The van der Waals surface area contributed by atoms with E-state index in [1.807, 2.05) is 18.2 Å². The van der Waals surface area contributed by atoms with E-state index in [4.69, 9.17) is 9.72 Å². The molecule has 2 unspecified atom stereocenters. The van der Waals surface area contributed by atoms with Crippen LogP contribution in [0.2, 0.25) is 0 Å². The monoisotopic (exact) mass is 544 g/mol. The Hall–Kier alpha value is -3.57. The van der Waals surface area contributed by atoms with Gasteiger partial charge in [-0.15, -0.1) is 0 Å². The number of aromatic nitrogens is 3. The first-order chi connectivity index (χ1) is 19.6. The number of rotatable bonds is 5. The van der Waals surface area contributed by atoms with Gasteiger partial charge in [0.1, 0.15) is 24.5 Å². The topological polar surface area (TPSA) is 98.8 Å². The van der Waals surface area contributed by atoms with Crippen LogP contribution in [-0.4, -0.2) is 82.7 Å². The van der Waals surface area contributed by atoms with E-state index in [1.165, 1.54) is 12.8 Å². The molecule has 7 heterocycles. The summed E-state index contributed by atoms with van der Waals surface area (Å²) in [5.41, 5.74) is 1.52. The third-order valence-electron chi connectivity index (χ3n) is 9.45. The van der Waals surface area contributed by atoms with Crippen molar-refractivity contribution in [3.05, 3.63) is 36.3 Å². The zero-order valence-corrected chi connectivity index (χ0v) is 22.4. The highest BCUT2D eigenvalue weighted by Crippen LogP contribution is 2.41. The van der Waals surface area contributed by atoms with Gasteiger partial charge >= 0.3 is 6.01 Å². The molecule has 208 valence electrons. The maximum Gasteiger partial charge on any atom is 0.319 e. The molecule has 8 rings (SSSR count). The first-order valence-electron chi connectivity index (χ1n) is 14.5. The lowest BCUT2D eigenvalue weighted by molar-refractivity contribution is -0.115. The van der Waals surface area contributed by atoms with Gasteiger partial charge in [0.25, 0.3) is 0 Å². The number of ether oxygens (including phenoxy) is 1. The molecule has 0 spiro atoms. The lowest BCUT2D eigenvalue weighted by Gasteiger charge is -2.35. The molecule has 5 aliphatic heterocycles. The number of nitrogens with one attached hydrogen (secondary N) is 2. The quantitative estimate of drug-likeness (QED) is 0.502. The molecular formula is C29H33FN8O2. The van der Waals surface area contributed by atoms with E-state index in [0.717, 1.165) is 51.9 Å². The summed E-state index contributed by atoms with van der Waals surface area (Å²) >= 11 is 0. The van der Waals surface area contributed by atoms with E-state index < -0.39 is 5.82 Å². The molecule has 4 saturated heterocycles. The number of nitrogens with zero attached hydrogens (tertiary/aromatic N) is 6. The number of piperazine rings is 1. The predicted molar refractivity (Wildman–Crippen MR) is 150 cm³/mol. The molecule has 2 bridgehead atoms. The van der Waals surface area contributed by atoms with Crippen LogP contribution in [0.25, 0.3) is 10.9 Å². The first-order valence-corrected chi connectivity index (χ1v) is 14.5. The minimum absolute atomic E-state index is 0.0272. The molecule has 2 atom stereocenters. The molecule has 0 radical (unpaired) electrons. The second-order valence-corrected chi connectivity index (χ2v) is 11.9. The summed E-state index contributed by atoms with van der Waals surface area (Å²) < 4.78 is 22.8. The van der Waals surface area contributed by atoms with Crippen LogP contribution in [0.4, 0.5) is 27.4 Å². The van der Waals surface area contributed by atoms with Crippen molar-refractivity contribution in [2.45, 2.75) is 56.1 Å². The Morgan fingerprint density at radius 2 is 1.82 bits per heavy atom. The minimum Gasteiger partial charge on any atom is -0.461 e. The predicted octanol–water partition coefficient (Wildman–Crippen LogP) is 3.20. The van der Waals surface area contributed by atoms with Crippen molar-refractivity contribution in [3.8, 4) is 6.01 Å². The number of carbonyl (C=O) groups excluding carboxylic acids is 1. The Kier molecular flexibility index (Phi) is 5.60. The summed E-state index contributed by atoms with van der Waals surface area (Å²) in [6.45, 7) is 4.26. The Morgan fingerprint density at radius 3 is 2.62 bits per heavy atom. The largest absolute Gasteiger partial charge is 0.461 e. The molecule has 1 amide bonds. The summed E-state index contributed by atoms with van der Waals surface area (Å²) in [5.74, 6) is -0.0572. The third kappa shape index (κ3) is 3.89. The number of benzene rings is 1. The SMILES string of the molecule is O=C1CN(c2ncc3c(N4CC5CCC(C4)N5)nc(OCC45CCCN4CCC5)nc3c2F)c2ccccc2N1. The van der Waals surface area contributed by atoms with Gasteiger partial charge in [-0.3, -0.25) is 9.69 Å². The van der Waals surface area contributed by atoms with Crippen LogP contribution >= 0.6 is 0 Å². The summed E-state index contributed by atoms with van der Waals surface area (Å²) in [6, 6.07) is 8.33. The Balaban J connectivity index is 1.22. The van der Waals surface area contributed by atoms with Gasteiger partial charge in [-0.1, -0.05) is 12.1 Å². The number of amides is 1. The van der Waals surface area contributed by atoms with Gasteiger partial charge in [0.2, 0.25) is 5.91 Å². The van der Waals surface area contributed by atoms with Crippen LogP contribution in [0.1, 0.15) is 38.5 Å². The van der Waals surface area contributed by atoms with Crippen LogP contribution in [-0.2, 0) is 4.79 Å². The van der Waals surface area contributed by atoms with Crippen LogP contribution in [0.5, 0.6) is 6.01 Å². The van der Waals surface area contributed by atoms with Crippen LogP contribution < -0.4 is 25.2 Å². The average molecular weight is 545 g/mol. The number of carbonyl (C=O) groups is 1. The van der Waals surface area contributed by atoms with Crippen molar-refractivity contribution in [1.29, 1.82) is 0 Å². The highest BCUT2D eigenvalue weighted by Gasteiger charge is 2.45. The first kappa shape index (κ1) is 24.2. The zero-order chi connectivity index (χ0) is 26.8. The van der Waals surface area contributed by atoms with Crippen LogP contribution in [0, 0.1) is 5.82 Å². The fraction of sp³-hybridized carbons (Fsp3) is 0.517. The van der Waals surface area contributed by atoms with Gasteiger partial charge in [0.15, 0.2) is 11.6 Å². The summed E-state index contributed by atoms with van der Waals surface area (Å²) in [4.78, 5) is 33.0. The number of halogens is 1. The molecular weight excluding hydrogens is 511 g/mol.